The maximum atomic E-state index is 14.0. The number of rotatable bonds is 17. The molecule has 0 saturated heterocycles. The smallest absolute Gasteiger partial charge is 0.410 e. The first kappa shape index (κ1) is 32.4. The van der Waals surface area contributed by atoms with Crippen molar-refractivity contribution in [1.82, 2.24) is 4.90 Å². The molecule has 1 atom stereocenters. The van der Waals surface area contributed by atoms with Crippen molar-refractivity contribution in [2.24, 2.45) is 0 Å². The van der Waals surface area contributed by atoms with E-state index in [4.69, 9.17) is 18.9 Å². The van der Waals surface area contributed by atoms with Gasteiger partial charge in [-0.15, -0.1) is 0 Å². The van der Waals surface area contributed by atoms with Crippen LogP contribution < -0.4 is 4.74 Å². The Kier molecular flexibility index (Phi) is 13.1. The standard InChI is InChI=1S/C31H34F3NO7/c1-2-40-29(30(36)37)18-22-6-12-27(13-7-22)41-17-15-35(14-3-16-39-20-23-4-9-25(32)10-5-23)31(38)42-21-24-8-11-26(33)19-28(24)34/h4-13,19,29H,2-3,14-18,20-21H2,1H3,(H,36,37). The Hall–Kier alpha value is -4.09. The van der Waals surface area contributed by atoms with Gasteiger partial charge in [0, 0.05) is 37.8 Å². The second kappa shape index (κ2) is 17.0. The van der Waals surface area contributed by atoms with E-state index in [1.54, 1.807) is 43.3 Å². The number of carbonyl (C=O) groups is 2. The molecular formula is C31H34F3NO7. The molecule has 3 aromatic rings. The molecule has 3 rings (SSSR count). The Morgan fingerprint density at radius 1 is 0.857 bits per heavy atom. The van der Waals surface area contributed by atoms with Gasteiger partial charge in [0.2, 0.25) is 0 Å². The average Bonchev–Trinajstić information content (AvgIpc) is 2.97. The largest absolute Gasteiger partial charge is 0.492 e. The van der Waals surface area contributed by atoms with Crippen LogP contribution in [-0.4, -0.2) is 61.1 Å². The number of halogens is 3. The van der Waals surface area contributed by atoms with Crippen LogP contribution in [0.15, 0.2) is 66.7 Å². The van der Waals surface area contributed by atoms with Crippen LogP contribution in [0.4, 0.5) is 18.0 Å². The highest BCUT2D eigenvalue weighted by Crippen LogP contribution is 2.16. The summed E-state index contributed by atoms with van der Waals surface area (Å²) in [5.41, 5.74) is 1.62. The molecule has 11 heteroatoms. The van der Waals surface area contributed by atoms with E-state index < -0.39 is 29.8 Å². The highest BCUT2D eigenvalue weighted by Gasteiger charge is 2.19. The van der Waals surface area contributed by atoms with Crippen molar-refractivity contribution < 1.29 is 46.8 Å². The number of nitrogens with zero attached hydrogens (tertiary/aromatic N) is 1. The number of aliphatic carboxylic acids is 1. The molecule has 0 saturated carbocycles. The summed E-state index contributed by atoms with van der Waals surface area (Å²) in [6, 6.07) is 15.8. The molecule has 0 radical (unpaired) electrons. The van der Waals surface area contributed by atoms with E-state index in [0.717, 1.165) is 23.3 Å². The molecule has 0 aliphatic heterocycles. The van der Waals surface area contributed by atoms with Crippen molar-refractivity contribution >= 4 is 12.1 Å². The van der Waals surface area contributed by atoms with Crippen molar-refractivity contribution in [1.29, 1.82) is 0 Å². The lowest BCUT2D eigenvalue weighted by atomic mass is 10.1. The van der Waals surface area contributed by atoms with Gasteiger partial charge in [-0.05, 0) is 60.9 Å². The minimum atomic E-state index is -1.04. The van der Waals surface area contributed by atoms with Crippen molar-refractivity contribution in [3.63, 3.8) is 0 Å². The molecule has 0 aliphatic rings. The molecule has 0 spiro atoms. The highest BCUT2D eigenvalue weighted by molar-refractivity contribution is 5.72. The summed E-state index contributed by atoms with van der Waals surface area (Å²) in [6.07, 6.45) is -0.974. The van der Waals surface area contributed by atoms with E-state index >= 15 is 0 Å². The van der Waals surface area contributed by atoms with Gasteiger partial charge in [0.15, 0.2) is 6.10 Å². The normalized spacial score (nSPS) is 11.6. The summed E-state index contributed by atoms with van der Waals surface area (Å²) < 4.78 is 62.2. The molecule has 3 aromatic carbocycles. The molecule has 0 aromatic heterocycles. The molecule has 1 unspecified atom stereocenters. The SMILES string of the molecule is CCOC(Cc1ccc(OCCN(CCCOCc2ccc(F)cc2)C(=O)OCc2ccc(F)cc2F)cc1)C(=O)O. The van der Waals surface area contributed by atoms with Crippen LogP contribution in [0.25, 0.3) is 0 Å². The minimum Gasteiger partial charge on any atom is -0.492 e. The van der Waals surface area contributed by atoms with Crippen molar-refractivity contribution in [3.8, 4) is 5.75 Å². The van der Waals surface area contributed by atoms with Gasteiger partial charge in [0.25, 0.3) is 0 Å². The molecule has 0 bridgehead atoms. The van der Waals surface area contributed by atoms with Crippen LogP contribution >= 0.6 is 0 Å². The lowest BCUT2D eigenvalue weighted by Crippen LogP contribution is -2.36. The topological polar surface area (TPSA) is 94.5 Å². The fourth-order valence-corrected chi connectivity index (χ4v) is 3.92. The predicted molar refractivity (Wildman–Crippen MR) is 147 cm³/mol. The average molecular weight is 590 g/mol. The zero-order chi connectivity index (χ0) is 30.3. The summed E-state index contributed by atoms with van der Waals surface area (Å²) in [5.74, 6) is -2.39. The summed E-state index contributed by atoms with van der Waals surface area (Å²) in [7, 11) is 0. The molecule has 0 heterocycles. The second-order valence-electron chi connectivity index (χ2n) is 9.29. The van der Waals surface area contributed by atoms with E-state index in [-0.39, 0.29) is 57.3 Å². The summed E-state index contributed by atoms with van der Waals surface area (Å²) >= 11 is 0. The first-order chi connectivity index (χ1) is 20.2. The first-order valence-corrected chi connectivity index (χ1v) is 13.5. The Morgan fingerprint density at radius 3 is 2.21 bits per heavy atom. The molecular weight excluding hydrogens is 555 g/mol. The third-order valence-corrected chi connectivity index (χ3v) is 6.14. The van der Waals surface area contributed by atoms with Crippen LogP contribution in [0.5, 0.6) is 5.75 Å². The van der Waals surface area contributed by atoms with E-state index in [2.05, 4.69) is 0 Å². The van der Waals surface area contributed by atoms with Crippen LogP contribution in [-0.2, 0) is 38.6 Å². The molecule has 1 N–H and O–H groups in total. The lowest BCUT2D eigenvalue weighted by molar-refractivity contribution is -0.149. The number of carbonyl (C=O) groups excluding carboxylic acids is 1. The van der Waals surface area contributed by atoms with Gasteiger partial charge in [0.1, 0.15) is 36.4 Å². The van der Waals surface area contributed by atoms with Gasteiger partial charge in [-0.3, -0.25) is 0 Å². The quantitative estimate of drug-likeness (QED) is 0.200. The Morgan fingerprint density at radius 2 is 1.55 bits per heavy atom. The molecule has 226 valence electrons. The Balaban J connectivity index is 1.52. The Labute approximate surface area is 242 Å². The third-order valence-electron chi connectivity index (χ3n) is 6.14. The molecule has 8 nitrogen and oxygen atoms in total. The van der Waals surface area contributed by atoms with Gasteiger partial charge in [-0.1, -0.05) is 24.3 Å². The van der Waals surface area contributed by atoms with E-state index in [1.807, 2.05) is 0 Å². The Bertz CT molecular complexity index is 1270. The van der Waals surface area contributed by atoms with Gasteiger partial charge in [-0.25, -0.2) is 22.8 Å². The van der Waals surface area contributed by atoms with E-state index in [1.165, 1.54) is 23.1 Å². The summed E-state index contributed by atoms with van der Waals surface area (Å²) in [4.78, 5) is 25.5. The highest BCUT2D eigenvalue weighted by atomic mass is 19.1. The fraction of sp³-hybridized carbons (Fsp3) is 0.355. The number of carboxylic acids is 1. The number of benzene rings is 3. The molecule has 0 fully saturated rings. The third kappa shape index (κ3) is 11.1. The molecule has 1 amide bonds. The van der Waals surface area contributed by atoms with Crippen LogP contribution in [0, 0.1) is 17.5 Å². The number of hydrogen-bond acceptors (Lipinski definition) is 6. The summed E-state index contributed by atoms with van der Waals surface area (Å²) in [5, 5.41) is 9.27. The zero-order valence-electron chi connectivity index (χ0n) is 23.3. The predicted octanol–water partition coefficient (Wildman–Crippen LogP) is 5.76. The van der Waals surface area contributed by atoms with E-state index in [0.29, 0.717) is 18.8 Å². The maximum Gasteiger partial charge on any atom is 0.410 e. The molecule has 0 aliphatic carbocycles. The number of hydrogen-bond donors (Lipinski definition) is 1. The monoisotopic (exact) mass is 589 g/mol. The first-order valence-electron chi connectivity index (χ1n) is 13.5. The van der Waals surface area contributed by atoms with Crippen molar-refractivity contribution in [3.05, 3.63) is 101 Å². The van der Waals surface area contributed by atoms with Crippen LogP contribution in [0.1, 0.15) is 30.0 Å². The van der Waals surface area contributed by atoms with Crippen LogP contribution in [0.3, 0.4) is 0 Å². The van der Waals surface area contributed by atoms with Gasteiger partial charge < -0.3 is 29.0 Å². The van der Waals surface area contributed by atoms with E-state index in [9.17, 15) is 27.9 Å². The van der Waals surface area contributed by atoms with Crippen molar-refractivity contribution in [2.45, 2.75) is 39.1 Å². The molecule has 42 heavy (non-hydrogen) atoms. The zero-order valence-corrected chi connectivity index (χ0v) is 23.3. The number of carboxylic acid groups (broad SMARTS) is 1. The van der Waals surface area contributed by atoms with Crippen LogP contribution in [0.2, 0.25) is 0 Å². The lowest BCUT2D eigenvalue weighted by Gasteiger charge is -2.22. The minimum absolute atomic E-state index is 0.0399. The second-order valence-corrected chi connectivity index (χ2v) is 9.29. The summed E-state index contributed by atoms with van der Waals surface area (Å²) in [6.45, 7) is 2.77. The number of amides is 1. The van der Waals surface area contributed by atoms with Gasteiger partial charge in [0.05, 0.1) is 13.2 Å². The number of ether oxygens (including phenoxy) is 4. The maximum absolute atomic E-state index is 14.0. The van der Waals surface area contributed by atoms with Gasteiger partial charge in [-0.2, -0.15) is 0 Å². The van der Waals surface area contributed by atoms with Crippen molar-refractivity contribution in [2.75, 3.05) is 32.9 Å². The van der Waals surface area contributed by atoms with Gasteiger partial charge >= 0.3 is 12.1 Å². The fourth-order valence-electron chi connectivity index (χ4n) is 3.92.